The highest BCUT2D eigenvalue weighted by molar-refractivity contribution is 5.07. The second-order valence-electron chi connectivity index (χ2n) is 4.96. The van der Waals surface area contributed by atoms with Gasteiger partial charge in [-0.3, -0.25) is 0 Å². The molecule has 0 radical (unpaired) electrons. The first kappa shape index (κ1) is 10.2. The Hall–Kier alpha value is -0.940. The van der Waals surface area contributed by atoms with Crippen molar-refractivity contribution in [3.8, 4) is 0 Å². The topological polar surface area (TPSA) is 66.0 Å². The van der Waals surface area contributed by atoms with Crippen LogP contribution in [0.15, 0.2) is 0 Å². The first-order chi connectivity index (χ1) is 7.74. The van der Waals surface area contributed by atoms with Gasteiger partial charge in [0, 0.05) is 24.9 Å². The van der Waals surface area contributed by atoms with Crippen molar-refractivity contribution in [1.82, 2.24) is 14.8 Å². The Kier molecular flexibility index (Phi) is 2.44. The van der Waals surface area contributed by atoms with Crippen molar-refractivity contribution >= 4 is 0 Å². The van der Waals surface area contributed by atoms with Gasteiger partial charge in [0.2, 0.25) is 0 Å². The molecule has 2 N–H and O–H groups in total. The molecule has 88 valence electrons. The average Bonchev–Trinajstić information content (AvgIpc) is 2.83. The summed E-state index contributed by atoms with van der Waals surface area (Å²) in [5.41, 5.74) is 6.00. The summed E-state index contributed by atoms with van der Waals surface area (Å²) in [5, 5.41) is 8.59. The summed E-state index contributed by atoms with van der Waals surface area (Å²) in [4.78, 5) is 0. The number of ether oxygens (including phenoxy) is 1. The van der Waals surface area contributed by atoms with E-state index in [1.807, 2.05) is 0 Å². The largest absolute Gasteiger partial charge is 0.378 e. The van der Waals surface area contributed by atoms with Crippen molar-refractivity contribution < 1.29 is 4.74 Å². The normalized spacial score (nSPS) is 34.0. The summed E-state index contributed by atoms with van der Waals surface area (Å²) in [7, 11) is 0. The molecule has 0 aromatic carbocycles. The van der Waals surface area contributed by atoms with Crippen LogP contribution in [0.4, 0.5) is 0 Å². The van der Waals surface area contributed by atoms with Crippen LogP contribution in [0.5, 0.6) is 0 Å². The summed E-state index contributed by atoms with van der Waals surface area (Å²) >= 11 is 0. The van der Waals surface area contributed by atoms with Gasteiger partial charge in [0.05, 0.1) is 12.7 Å². The van der Waals surface area contributed by atoms with Crippen LogP contribution in [0.1, 0.15) is 37.3 Å². The zero-order valence-electron chi connectivity index (χ0n) is 9.59. The summed E-state index contributed by atoms with van der Waals surface area (Å²) < 4.78 is 7.80. The Balaban J connectivity index is 1.88. The number of hydrogen-bond acceptors (Lipinski definition) is 4. The molecule has 3 rings (SSSR count). The van der Waals surface area contributed by atoms with E-state index in [2.05, 4.69) is 21.7 Å². The lowest BCUT2D eigenvalue weighted by Crippen LogP contribution is -2.33. The molecule has 0 bridgehead atoms. The van der Waals surface area contributed by atoms with Crippen LogP contribution in [0.25, 0.3) is 0 Å². The number of hydrogen-bond donors (Lipinski definition) is 1. The highest BCUT2D eigenvalue weighted by atomic mass is 16.5. The zero-order valence-corrected chi connectivity index (χ0v) is 9.59. The van der Waals surface area contributed by atoms with Crippen LogP contribution in [0.2, 0.25) is 0 Å². The molecule has 1 saturated heterocycles. The van der Waals surface area contributed by atoms with Gasteiger partial charge in [0.25, 0.3) is 0 Å². The van der Waals surface area contributed by atoms with E-state index < -0.39 is 0 Å². The molecular formula is C11H18N4O. The Bertz CT molecular complexity index is 389. The number of rotatable bonds is 1. The fourth-order valence-electron chi connectivity index (χ4n) is 2.67. The predicted molar refractivity (Wildman–Crippen MR) is 59.1 cm³/mol. The first-order valence-electron chi connectivity index (χ1n) is 6.03. The molecule has 2 aliphatic heterocycles. The van der Waals surface area contributed by atoms with Gasteiger partial charge in [0.15, 0.2) is 0 Å². The van der Waals surface area contributed by atoms with Gasteiger partial charge in [-0.05, 0) is 19.8 Å². The number of fused-ring (bicyclic) bond motifs is 1. The molecule has 1 aromatic rings. The molecule has 1 aromatic heterocycles. The van der Waals surface area contributed by atoms with Crippen molar-refractivity contribution in [2.24, 2.45) is 5.73 Å². The van der Waals surface area contributed by atoms with Crippen LogP contribution in [-0.2, 0) is 17.7 Å². The van der Waals surface area contributed by atoms with Crippen LogP contribution in [0, 0.1) is 0 Å². The van der Waals surface area contributed by atoms with E-state index >= 15 is 0 Å². The zero-order chi connectivity index (χ0) is 11.1. The first-order valence-corrected chi connectivity index (χ1v) is 6.03. The van der Waals surface area contributed by atoms with E-state index in [4.69, 9.17) is 10.5 Å². The lowest BCUT2D eigenvalue weighted by atomic mass is 10.0. The van der Waals surface area contributed by atoms with Gasteiger partial charge in [-0.2, -0.15) is 0 Å². The molecule has 3 heterocycles. The molecule has 1 fully saturated rings. The van der Waals surface area contributed by atoms with Crippen LogP contribution in [0.3, 0.4) is 0 Å². The van der Waals surface area contributed by atoms with Gasteiger partial charge in [-0.15, -0.1) is 10.2 Å². The van der Waals surface area contributed by atoms with E-state index in [1.54, 1.807) is 0 Å². The van der Waals surface area contributed by atoms with E-state index in [0.717, 1.165) is 44.1 Å². The van der Waals surface area contributed by atoms with Gasteiger partial charge < -0.3 is 15.0 Å². The molecule has 3 atom stereocenters. The smallest absolute Gasteiger partial charge is 0.138 e. The monoisotopic (exact) mass is 222 g/mol. The maximum Gasteiger partial charge on any atom is 0.138 e. The van der Waals surface area contributed by atoms with Gasteiger partial charge >= 0.3 is 0 Å². The molecule has 0 spiro atoms. The van der Waals surface area contributed by atoms with Crippen molar-refractivity contribution in [3.63, 3.8) is 0 Å². The van der Waals surface area contributed by atoms with Crippen molar-refractivity contribution in [3.05, 3.63) is 11.6 Å². The minimum atomic E-state index is 0.252. The SMILES string of the molecule is CC1CC(c2nnc3n2CC(N)CC3)CO1. The quantitative estimate of drug-likeness (QED) is 0.749. The van der Waals surface area contributed by atoms with Gasteiger partial charge in [-0.1, -0.05) is 0 Å². The lowest BCUT2D eigenvalue weighted by Gasteiger charge is -2.22. The third kappa shape index (κ3) is 1.64. The van der Waals surface area contributed by atoms with Crippen molar-refractivity contribution in [2.75, 3.05) is 6.61 Å². The maximum atomic E-state index is 6.00. The van der Waals surface area contributed by atoms with Crippen molar-refractivity contribution in [2.45, 2.75) is 50.8 Å². The Morgan fingerprint density at radius 3 is 3.06 bits per heavy atom. The molecular weight excluding hydrogens is 204 g/mol. The number of aryl methyl sites for hydroxylation is 1. The summed E-state index contributed by atoms with van der Waals surface area (Å²) in [5.74, 6) is 2.58. The van der Waals surface area contributed by atoms with Gasteiger partial charge in [0.1, 0.15) is 11.6 Å². The molecule has 0 saturated carbocycles. The van der Waals surface area contributed by atoms with E-state index in [-0.39, 0.29) is 6.04 Å². The maximum absolute atomic E-state index is 6.00. The number of nitrogens with zero attached hydrogens (tertiary/aromatic N) is 3. The van der Waals surface area contributed by atoms with E-state index in [0.29, 0.717) is 12.0 Å². The average molecular weight is 222 g/mol. The molecule has 5 nitrogen and oxygen atoms in total. The number of aromatic nitrogens is 3. The van der Waals surface area contributed by atoms with Crippen LogP contribution in [-0.4, -0.2) is 33.5 Å². The second kappa shape index (κ2) is 3.82. The van der Waals surface area contributed by atoms with Gasteiger partial charge in [-0.25, -0.2) is 0 Å². The molecule has 0 aliphatic carbocycles. The fraction of sp³-hybridized carbons (Fsp3) is 0.818. The fourth-order valence-corrected chi connectivity index (χ4v) is 2.67. The minimum Gasteiger partial charge on any atom is -0.378 e. The molecule has 3 unspecified atom stereocenters. The lowest BCUT2D eigenvalue weighted by molar-refractivity contribution is 0.123. The predicted octanol–water partition coefficient (Wildman–Crippen LogP) is 0.444. The van der Waals surface area contributed by atoms with E-state index in [9.17, 15) is 0 Å². The Labute approximate surface area is 95.0 Å². The standard InChI is InChI=1S/C11H18N4O/c1-7-4-8(6-16-7)11-14-13-10-3-2-9(12)5-15(10)11/h7-9H,2-6,12H2,1H3. The minimum absolute atomic E-state index is 0.252. The summed E-state index contributed by atoms with van der Waals surface area (Å²) in [6.45, 7) is 3.75. The summed E-state index contributed by atoms with van der Waals surface area (Å²) in [6.07, 6.45) is 3.37. The number of nitrogens with two attached hydrogens (primary N) is 1. The second-order valence-corrected chi connectivity index (χ2v) is 4.96. The highest BCUT2D eigenvalue weighted by Gasteiger charge is 2.30. The Morgan fingerprint density at radius 1 is 1.44 bits per heavy atom. The third-order valence-electron chi connectivity index (χ3n) is 3.58. The summed E-state index contributed by atoms with van der Waals surface area (Å²) in [6, 6.07) is 0.252. The Morgan fingerprint density at radius 2 is 2.31 bits per heavy atom. The molecule has 2 aliphatic rings. The van der Waals surface area contributed by atoms with Crippen molar-refractivity contribution in [1.29, 1.82) is 0 Å². The molecule has 16 heavy (non-hydrogen) atoms. The van der Waals surface area contributed by atoms with Crippen LogP contribution >= 0.6 is 0 Å². The van der Waals surface area contributed by atoms with Crippen LogP contribution < -0.4 is 5.73 Å². The highest BCUT2D eigenvalue weighted by Crippen LogP contribution is 2.29. The third-order valence-corrected chi connectivity index (χ3v) is 3.58. The van der Waals surface area contributed by atoms with E-state index in [1.165, 1.54) is 0 Å². The molecule has 0 amide bonds. The molecule has 5 heteroatoms.